The third-order valence-electron chi connectivity index (χ3n) is 5.22. The van der Waals surface area contributed by atoms with Gasteiger partial charge >= 0.3 is 0 Å². The minimum atomic E-state index is 0.206. The van der Waals surface area contributed by atoms with Gasteiger partial charge in [-0.1, -0.05) is 24.3 Å². The predicted molar refractivity (Wildman–Crippen MR) is 124 cm³/mol. The van der Waals surface area contributed by atoms with E-state index in [0.29, 0.717) is 38.7 Å². The molecule has 1 saturated heterocycles. The summed E-state index contributed by atoms with van der Waals surface area (Å²) in [6.45, 7) is 5.15. The van der Waals surface area contributed by atoms with Crippen LogP contribution in [0, 0.1) is 6.92 Å². The molecule has 0 bridgehead atoms. The average Bonchev–Trinajstić information content (AvgIpc) is 3.21. The van der Waals surface area contributed by atoms with E-state index in [-0.39, 0.29) is 5.91 Å². The molecule has 7 nitrogen and oxygen atoms in total. The lowest BCUT2D eigenvalue weighted by Gasteiger charge is -2.17. The molecule has 2 N–H and O–H groups in total. The van der Waals surface area contributed by atoms with E-state index in [2.05, 4.69) is 27.8 Å². The molecule has 2 aromatic rings. The van der Waals surface area contributed by atoms with Gasteiger partial charge in [0.05, 0.1) is 6.61 Å². The van der Waals surface area contributed by atoms with Crippen LogP contribution >= 0.6 is 0 Å². The van der Waals surface area contributed by atoms with E-state index in [9.17, 15) is 4.79 Å². The zero-order valence-corrected chi connectivity index (χ0v) is 18.6. The number of carbonyl (C=O) groups is 1. The summed E-state index contributed by atoms with van der Waals surface area (Å²) in [5.74, 6) is 1.77. The van der Waals surface area contributed by atoms with Crippen LogP contribution in [0.4, 0.5) is 5.69 Å². The molecule has 0 saturated carbocycles. The first-order valence-electron chi connectivity index (χ1n) is 10.7. The lowest BCUT2D eigenvalue weighted by molar-refractivity contribution is -0.117. The molecule has 1 aliphatic heterocycles. The number of hydrogen-bond acceptors (Lipinski definition) is 4. The zero-order chi connectivity index (χ0) is 22.1. The van der Waals surface area contributed by atoms with Crippen molar-refractivity contribution in [3.8, 4) is 5.75 Å². The second-order valence-corrected chi connectivity index (χ2v) is 7.55. The Morgan fingerprint density at radius 2 is 1.87 bits per heavy atom. The maximum Gasteiger partial charge on any atom is 0.227 e. The Balaban J connectivity index is 1.52. The van der Waals surface area contributed by atoms with Crippen molar-refractivity contribution < 1.29 is 14.3 Å². The van der Waals surface area contributed by atoms with E-state index in [0.717, 1.165) is 41.1 Å². The van der Waals surface area contributed by atoms with Crippen molar-refractivity contribution in [3.63, 3.8) is 0 Å². The minimum Gasteiger partial charge on any atom is -0.491 e. The lowest BCUT2D eigenvalue weighted by Crippen LogP contribution is -2.36. The molecule has 0 atom stereocenters. The van der Waals surface area contributed by atoms with Gasteiger partial charge in [0, 0.05) is 51.5 Å². The van der Waals surface area contributed by atoms with Gasteiger partial charge in [-0.25, -0.2) is 0 Å². The molecule has 7 heteroatoms. The second kappa shape index (κ2) is 11.4. The van der Waals surface area contributed by atoms with Gasteiger partial charge in [0.1, 0.15) is 12.4 Å². The molecule has 166 valence electrons. The summed E-state index contributed by atoms with van der Waals surface area (Å²) in [6, 6.07) is 14.3. The molecule has 1 fully saturated rings. The molecule has 0 aliphatic carbocycles. The Kier molecular flexibility index (Phi) is 8.29. The van der Waals surface area contributed by atoms with Gasteiger partial charge in [0.15, 0.2) is 5.96 Å². The first-order chi connectivity index (χ1) is 15.1. The molecular formula is C24H32N4O3. The molecule has 1 amide bonds. The standard InChI is InChI=1S/C24H32N4O3/c1-18-6-9-20(22(15-18)31-14-13-30-3)17-27-24(25-2)26-16-19-7-10-21(11-8-19)28-12-4-5-23(28)29/h6-11,15H,4-5,12-14,16-17H2,1-3H3,(H2,25,26,27). The number of amides is 1. The van der Waals surface area contributed by atoms with Crippen LogP contribution in [0.3, 0.4) is 0 Å². The third kappa shape index (κ3) is 6.46. The smallest absolute Gasteiger partial charge is 0.227 e. The topological polar surface area (TPSA) is 75.2 Å². The number of anilines is 1. The van der Waals surface area contributed by atoms with Crippen molar-refractivity contribution >= 4 is 17.6 Å². The maximum atomic E-state index is 11.9. The summed E-state index contributed by atoms with van der Waals surface area (Å²) in [7, 11) is 3.42. The number of guanidine groups is 1. The summed E-state index contributed by atoms with van der Waals surface area (Å²) in [4.78, 5) is 18.1. The number of aliphatic imine (C=N–C) groups is 1. The molecule has 2 aromatic carbocycles. The van der Waals surface area contributed by atoms with Gasteiger partial charge in [-0.2, -0.15) is 0 Å². The van der Waals surface area contributed by atoms with Crippen LogP contribution in [0.1, 0.15) is 29.5 Å². The molecule has 0 aromatic heterocycles. The second-order valence-electron chi connectivity index (χ2n) is 7.55. The fourth-order valence-corrected chi connectivity index (χ4v) is 3.48. The highest BCUT2D eigenvalue weighted by molar-refractivity contribution is 5.95. The van der Waals surface area contributed by atoms with E-state index in [1.54, 1.807) is 14.2 Å². The summed E-state index contributed by atoms with van der Waals surface area (Å²) < 4.78 is 10.9. The van der Waals surface area contributed by atoms with Crippen molar-refractivity contribution in [2.24, 2.45) is 4.99 Å². The van der Waals surface area contributed by atoms with Crippen molar-refractivity contribution in [1.29, 1.82) is 0 Å². The van der Waals surface area contributed by atoms with E-state index in [1.165, 1.54) is 0 Å². The van der Waals surface area contributed by atoms with Gasteiger partial charge in [0.25, 0.3) is 0 Å². The summed E-state index contributed by atoms with van der Waals surface area (Å²) in [5.41, 5.74) is 4.30. The largest absolute Gasteiger partial charge is 0.491 e. The highest BCUT2D eigenvalue weighted by Crippen LogP contribution is 2.22. The first kappa shape index (κ1) is 22.6. The third-order valence-corrected chi connectivity index (χ3v) is 5.22. The van der Waals surface area contributed by atoms with E-state index >= 15 is 0 Å². The molecule has 1 heterocycles. The number of nitrogens with zero attached hydrogens (tertiary/aromatic N) is 2. The number of nitrogens with one attached hydrogen (secondary N) is 2. The van der Waals surface area contributed by atoms with Crippen LogP contribution in [0.25, 0.3) is 0 Å². The fourth-order valence-electron chi connectivity index (χ4n) is 3.48. The summed E-state index contributed by atoms with van der Waals surface area (Å²) in [5, 5.41) is 6.68. The number of ether oxygens (including phenoxy) is 2. The van der Waals surface area contributed by atoms with Gasteiger partial charge < -0.3 is 25.0 Å². The molecule has 31 heavy (non-hydrogen) atoms. The molecule has 3 rings (SSSR count). The molecule has 0 spiro atoms. The monoisotopic (exact) mass is 424 g/mol. The van der Waals surface area contributed by atoms with Crippen LogP contribution < -0.4 is 20.3 Å². The average molecular weight is 425 g/mol. The highest BCUT2D eigenvalue weighted by Gasteiger charge is 2.21. The number of benzene rings is 2. The number of carbonyl (C=O) groups excluding carboxylic acids is 1. The molecular weight excluding hydrogens is 392 g/mol. The number of rotatable bonds is 9. The van der Waals surface area contributed by atoms with E-state index in [1.807, 2.05) is 42.2 Å². The molecule has 1 aliphatic rings. The SMILES string of the molecule is CN=C(NCc1ccc(N2CCCC2=O)cc1)NCc1ccc(C)cc1OCCOC. The van der Waals surface area contributed by atoms with Gasteiger partial charge in [-0.05, 0) is 42.7 Å². The van der Waals surface area contributed by atoms with Crippen molar-refractivity contribution in [3.05, 3.63) is 59.2 Å². The van der Waals surface area contributed by atoms with Gasteiger partial charge in [-0.3, -0.25) is 9.79 Å². The lowest BCUT2D eigenvalue weighted by atomic mass is 10.1. The van der Waals surface area contributed by atoms with Crippen LogP contribution in [0.5, 0.6) is 5.75 Å². The Bertz CT molecular complexity index is 896. The Morgan fingerprint density at radius 3 is 2.55 bits per heavy atom. The van der Waals surface area contributed by atoms with Gasteiger partial charge in [0.2, 0.25) is 5.91 Å². The van der Waals surface area contributed by atoms with Crippen molar-refractivity contribution in [2.45, 2.75) is 32.9 Å². The van der Waals surface area contributed by atoms with Crippen LogP contribution in [0.2, 0.25) is 0 Å². The van der Waals surface area contributed by atoms with E-state index < -0.39 is 0 Å². The number of methoxy groups -OCH3 is 1. The fraction of sp³-hybridized carbons (Fsp3) is 0.417. The Hall–Kier alpha value is -3.06. The normalized spacial score (nSPS) is 14.1. The Morgan fingerprint density at radius 1 is 1.10 bits per heavy atom. The summed E-state index contributed by atoms with van der Waals surface area (Å²) in [6.07, 6.45) is 1.58. The zero-order valence-electron chi connectivity index (χ0n) is 18.6. The van der Waals surface area contributed by atoms with Crippen molar-refractivity contribution in [2.75, 3.05) is 38.8 Å². The number of aryl methyl sites for hydroxylation is 1. The quantitative estimate of drug-likeness (QED) is 0.368. The Labute approximate surface area is 184 Å². The van der Waals surface area contributed by atoms with Crippen LogP contribution in [-0.2, 0) is 22.6 Å². The minimum absolute atomic E-state index is 0.206. The maximum absolute atomic E-state index is 11.9. The van der Waals surface area contributed by atoms with E-state index in [4.69, 9.17) is 9.47 Å². The van der Waals surface area contributed by atoms with Crippen LogP contribution in [0.15, 0.2) is 47.5 Å². The van der Waals surface area contributed by atoms with Crippen molar-refractivity contribution in [1.82, 2.24) is 10.6 Å². The predicted octanol–water partition coefficient (Wildman–Crippen LogP) is 3.01. The summed E-state index contributed by atoms with van der Waals surface area (Å²) >= 11 is 0. The number of hydrogen-bond donors (Lipinski definition) is 2. The molecule has 0 radical (unpaired) electrons. The van der Waals surface area contributed by atoms with Gasteiger partial charge in [-0.15, -0.1) is 0 Å². The van der Waals surface area contributed by atoms with Crippen LogP contribution in [-0.4, -0.2) is 45.8 Å². The highest BCUT2D eigenvalue weighted by atomic mass is 16.5. The first-order valence-corrected chi connectivity index (χ1v) is 10.7. The molecule has 0 unspecified atom stereocenters.